The number of amidine groups is 1. The van der Waals surface area contributed by atoms with Gasteiger partial charge in [-0.15, -0.1) is 0 Å². The van der Waals surface area contributed by atoms with Crippen molar-refractivity contribution >= 4 is 34.6 Å². The zero-order valence-corrected chi connectivity index (χ0v) is 15.3. The molecule has 0 aliphatic carbocycles. The lowest BCUT2D eigenvalue weighted by Gasteiger charge is -2.27. The van der Waals surface area contributed by atoms with E-state index in [0.717, 1.165) is 36.7 Å². The van der Waals surface area contributed by atoms with E-state index in [9.17, 15) is 14.9 Å². The van der Waals surface area contributed by atoms with Crippen LogP contribution < -0.4 is 0 Å². The summed E-state index contributed by atoms with van der Waals surface area (Å²) < 4.78 is 5.78. The number of non-ortho nitro benzene ring substituents is 1. The topological polar surface area (TPSA) is 89.0 Å². The van der Waals surface area contributed by atoms with Gasteiger partial charge in [0.05, 0.1) is 9.83 Å². The van der Waals surface area contributed by atoms with Crippen molar-refractivity contribution in [3.05, 3.63) is 57.2 Å². The van der Waals surface area contributed by atoms with Crippen LogP contribution in [0, 0.1) is 10.1 Å². The highest BCUT2D eigenvalue weighted by molar-refractivity contribution is 8.18. The van der Waals surface area contributed by atoms with E-state index in [1.807, 2.05) is 0 Å². The molecule has 1 aromatic carbocycles. The van der Waals surface area contributed by atoms with E-state index in [4.69, 9.17) is 4.42 Å². The first-order valence-corrected chi connectivity index (χ1v) is 9.54. The third-order valence-corrected chi connectivity index (χ3v) is 5.54. The van der Waals surface area contributed by atoms with Crippen LogP contribution in [-0.2, 0) is 4.79 Å². The predicted octanol–water partition coefficient (Wildman–Crippen LogP) is 4.31. The number of nitrogens with zero attached hydrogens (tertiary/aromatic N) is 3. The first-order chi connectivity index (χ1) is 13.1. The minimum atomic E-state index is -0.440. The Morgan fingerprint density at radius 2 is 1.85 bits per heavy atom. The summed E-state index contributed by atoms with van der Waals surface area (Å²) in [4.78, 5) is 29.4. The number of carbonyl (C=O) groups excluding carboxylic acids is 1. The van der Waals surface area contributed by atoms with Crippen LogP contribution in [0.4, 0.5) is 5.69 Å². The molecule has 0 atom stereocenters. The molecule has 0 saturated carbocycles. The van der Waals surface area contributed by atoms with Crippen LogP contribution in [0.2, 0.25) is 0 Å². The van der Waals surface area contributed by atoms with Crippen molar-refractivity contribution in [1.29, 1.82) is 0 Å². The van der Waals surface area contributed by atoms with Crippen molar-refractivity contribution < 1.29 is 14.1 Å². The first kappa shape index (κ1) is 17.5. The summed E-state index contributed by atoms with van der Waals surface area (Å²) in [5, 5.41) is 11.5. The van der Waals surface area contributed by atoms with E-state index < -0.39 is 4.92 Å². The van der Waals surface area contributed by atoms with Gasteiger partial charge in [0, 0.05) is 36.9 Å². The van der Waals surface area contributed by atoms with E-state index in [-0.39, 0.29) is 11.6 Å². The number of thioether (sulfide) groups is 1. The molecule has 1 saturated heterocycles. The van der Waals surface area contributed by atoms with Crippen LogP contribution in [0.3, 0.4) is 0 Å². The molecule has 3 heterocycles. The second-order valence-electron chi connectivity index (χ2n) is 6.36. The number of piperidine rings is 1. The third kappa shape index (κ3) is 3.80. The van der Waals surface area contributed by atoms with E-state index in [1.54, 1.807) is 30.3 Å². The smallest absolute Gasteiger partial charge is 0.286 e. The Kier molecular flexibility index (Phi) is 4.81. The minimum Gasteiger partial charge on any atom is -0.457 e. The summed E-state index contributed by atoms with van der Waals surface area (Å²) in [5.74, 6) is 0.896. The molecule has 2 aliphatic rings. The van der Waals surface area contributed by atoms with Crippen molar-refractivity contribution in [2.45, 2.75) is 19.3 Å². The molecule has 0 spiro atoms. The SMILES string of the molecule is O=C1N=C(N2CCCCC2)S/C1=C/c1ccc(-c2ccc([N+](=O)[O-])cc2)o1. The van der Waals surface area contributed by atoms with Gasteiger partial charge in [-0.2, -0.15) is 4.99 Å². The molecule has 0 bridgehead atoms. The predicted molar refractivity (Wildman–Crippen MR) is 104 cm³/mol. The number of hydrogen-bond donors (Lipinski definition) is 0. The van der Waals surface area contributed by atoms with Crippen molar-refractivity contribution in [2.24, 2.45) is 4.99 Å². The van der Waals surface area contributed by atoms with E-state index >= 15 is 0 Å². The molecule has 0 radical (unpaired) electrons. The number of benzene rings is 1. The minimum absolute atomic E-state index is 0.0305. The van der Waals surface area contributed by atoms with Crippen LogP contribution >= 0.6 is 11.8 Å². The molecule has 2 aromatic rings. The van der Waals surface area contributed by atoms with Crippen molar-refractivity contribution in [1.82, 2.24) is 4.90 Å². The van der Waals surface area contributed by atoms with Gasteiger partial charge in [0.1, 0.15) is 11.5 Å². The molecule has 1 fully saturated rings. The average molecular weight is 383 g/mol. The van der Waals surface area contributed by atoms with Gasteiger partial charge in [-0.3, -0.25) is 14.9 Å². The number of rotatable bonds is 3. The van der Waals surface area contributed by atoms with E-state index in [1.165, 1.54) is 30.3 Å². The number of hydrogen-bond acceptors (Lipinski definition) is 6. The number of amides is 1. The number of nitro groups is 1. The van der Waals surface area contributed by atoms with Crippen molar-refractivity contribution in [3.63, 3.8) is 0 Å². The van der Waals surface area contributed by atoms with Crippen molar-refractivity contribution in [2.75, 3.05) is 13.1 Å². The normalized spacial score (nSPS) is 18.8. The molecule has 4 rings (SSSR count). The molecule has 8 heteroatoms. The van der Waals surface area contributed by atoms with Gasteiger partial charge >= 0.3 is 0 Å². The molecule has 2 aliphatic heterocycles. The Morgan fingerprint density at radius 3 is 2.56 bits per heavy atom. The van der Waals surface area contributed by atoms with Gasteiger partial charge in [0.25, 0.3) is 11.6 Å². The van der Waals surface area contributed by atoms with Crippen LogP contribution in [0.15, 0.2) is 50.7 Å². The summed E-state index contributed by atoms with van der Waals surface area (Å²) in [5.41, 5.74) is 0.767. The molecule has 0 N–H and O–H groups in total. The van der Waals surface area contributed by atoms with Gasteiger partial charge in [0.2, 0.25) is 0 Å². The Balaban J connectivity index is 1.49. The lowest BCUT2D eigenvalue weighted by atomic mass is 10.1. The fraction of sp³-hybridized carbons (Fsp3) is 0.263. The number of aliphatic imine (C=N–C) groups is 1. The maximum atomic E-state index is 12.2. The zero-order chi connectivity index (χ0) is 18.8. The summed E-state index contributed by atoms with van der Waals surface area (Å²) in [7, 11) is 0. The highest BCUT2D eigenvalue weighted by Crippen LogP contribution is 2.32. The molecule has 0 unspecified atom stereocenters. The first-order valence-electron chi connectivity index (χ1n) is 8.72. The standard InChI is InChI=1S/C19H17N3O4S/c23-18-17(27-19(20-18)21-10-2-1-3-11-21)12-15-8-9-16(26-15)13-4-6-14(7-5-13)22(24)25/h4-9,12H,1-3,10-11H2/b17-12+. The molecular weight excluding hydrogens is 366 g/mol. The number of furan rings is 1. The van der Waals surface area contributed by atoms with Gasteiger partial charge < -0.3 is 9.32 Å². The maximum Gasteiger partial charge on any atom is 0.286 e. The Morgan fingerprint density at radius 1 is 1.11 bits per heavy atom. The van der Waals surface area contributed by atoms with Crippen LogP contribution in [-0.4, -0.2) is 34.0 Å². The lowest BCUT2D eigenvalue weighted by molar-refractivity contribution is -0.384. The molecule has 1 amide bonds. The van der Waals surface area contributed by atoms with Crippen LogP contribution in [0.25, 0.3) is 17.4 Å². The fourth-order valence-electron chi connectivity index (χ4n) is 3.08. The summed E-state index contributed by atoms with van der Waals surface area (Å²) >= 11 is 1.38. The number of carbonyl (C=O) groups is 1. The summed E-state index contributed by atoms with van der Waals surface area (Å²) in [6.07, 6.45) is 5.18. The second-order valence-corrected chi connectivity index (χ2v) is 7.37. The molecule has 138 valence electrons. The molecule has 27 heavy (non-hydrogen) atoms. The highest BCUT2D eigenvalue weighted by atomic mass is 32.2. The maximum absolute atomic E-state index is 12.2. The molecule has 1 aromatic heterocycles. The van der Waals surface area contributed by atoms with Crippen LogP contribution in [0.5, 0.6) is 0 Å². The monoisotopic (exact) mass is 383 g/mol. The Bertz CT molecular complexity index is 940. The molecular formula is C19H17N3O4S. The lowest BCUT2D eigenvalue weighted by Crippen LogP contribution is -2.33. The van der Waals surface area contributed by atoms with Crippen LogP contribution in [0.1, 0.15) is 25.0 Å². The van der Waals surface area contributed by atoms with Crippen molar-refractivity contribution in [3.8, 4) is 11.3 Å². The van der Waals surface area contributed by atoms with Gasteiger partial charge in [-0.25, -0.2) is 0 Å². The molecule has 7 nitrogen and oxygen atoms in total. The largest absolute Gasteiger partial charge is 0.457 e. The quantitative estimate of drug-likeness (QED) is 0.446. The third-order valence-electron chi connectivity index (χ3n) is 4.50. The Hall–Kier alpha value is -2.87. The Labute approximate surface area is 159 Å². The van der Waals surface area contributed by atoms with E-state index in [2.05, 4.69) is 9.89 Å². The summed E-state index contributed by atoms with van der Waals surface area (Å²) in [6, 6.07) is 9.71. The van der Waals surface area contributed by atoms with Gasteiger partial charge in [-0.05, 0) is 55.3 Å². The summed E-state index contributed by atoms with van der Waals surface area (Å²) in [6.45, 7) is 1.88. The highest BCUT2D eigenvalue weighted by Gasteiger charge is 2.27. The van der Waals surface area contributed by atoms with Gasteiger partial charge in [0.15, 0.2) is 5.17 Å². The number of nitro benzene ring substituents is 1. The average Bonchev–Trinajstić information content (AvgIpc) is 3.30. The van der Waals surface area contributed by atoms with E-state index in [0.29, 0.717) is 16.4 Å². The van der Waals surface area contributed by atoms with Gasteiger partial charge in [-0.1, -0.05) is 0 Å². The second kappa shape index (κ2) is 7.40. The fourth-order valence-corrected chi connectivity index (χ4v) is 4.03. The zero-order valence-electron chi connectivity index (χ0n) is 14.5. The number of likely N-dealkylation sites (tertiary alicyclic amines) is 1.